The Morgan fingerprint density at radius 1 is 1.67 bits per heavy atom. The van der Waals surface area contributed by atoms with Crippen molar-refractivity contribution in [3.8, 4) is 0 Å². The van der Waals surface area contributed by atoms with Gasteiger partial charge < -0.3 is 10.1 Å². The van der Waals surface area contributed by atoms with E-state index in [-0.39, 0.29) is 6.10 Å². The zero-order chi connectivity index (χ0) is 10.8. The fourth-order valence-electron chi connectivity index (χ4n) is 1.91. The molecule has 0 saturated heterocycles. The van der Waals surface area contributed by atoms with Crippen LogP contribution >= 0.6 is 0 Å². The predicted molar refractivity (Wildman–Crippen MR) is 58.7 cm³/mol. The second-order valence-corrected chi connectivity index (χ2v) is 4.39. The molecule has 0 aliphatic carbocycles. The Bertz CT molecular complexity index is 333. The summed E-state index contributed by atoms with van der Waals surface area (Å²) in [5.74, 6) is 0. The van der Waals surface area contributed by atoms with Crippen molar-refractivity contribution in [1.29, 1.82) is 0 Å². The van der Waals surface area contributed by atoms with Gasteiger partial charge in [-0.1, -0.05) is 13.8 Å². The first kappa shape index (κ1) is 10.6. The summed E-state index contributed by atoms with van der Waals surface area (Å²) in [6.45, 7) is 5.94. The van der Waals surface area contributed by atoms with Crippen LogP contribution in [0, 0.1) is 0 Å². The number of hydrogen-bond donors (Lipinski definition) is 1. The minimum Gasteiger partial charge on any atom is -0.370 e. The van der Waals surface area contributed by atoms with E-state index in [9.17, 15) is 0 Å². The van der Waals surface area contributed by atoms with Gasteiger partial charge in [-0.3, -0.25) is 4.68 Å². The number of fused-ring (bicyclic) bond motifs is 1. The van der Waals surface area contributed by atoms with Crippen LogP contribution < -0.4 is 5.32 Å². The lowest BCUT2D eigenvalue weighted by molar-refractivity contribution is 0.0383. The molecular formula is C11H19N3O. The van der Waals surface area contributed by atoms with Crippen molar-refractivity contribution in [1.82, 2.24) is 15.1 Å². The van der Waals surface area contributed by atoms with E-state index in [0.29, 0.717) is 6.04 Å². The van der Waals surface area contributed by atoms with E-state index in [4.69, 9.17) is 4.74 Å². The van der Waals surface area contributed by atoms with Gasteiger partial charge in [-0.2, -0.15) is 5.10 Å². The van der Waals surface area contributed by atoms with Gasteiger partial charge in [0.15, 0.2) is 0 Å². The smallest absolute Gasteiger partial charge is 0.114 e. The number of nitrogens with zero attached hydrogens (tertiary/aromatic N) is 2. The molecule has 84 valence electrons. The number of rotatable bonds is 3. The summed E-state index contributed by atoms with van der Waals surface area (Å²) in [6.07, 6.45) is 3.21. The third-order valence-electron chi connectivity index (χ3n) is 2.64. The maximum atomic E-state index is 5.73. The van der Waals surface area contributed by atoms with E-state index in [2.05, 4.69) is 30.5 Å². The lowest BCUT2D eigenvalue weighted by Gasteiger charge is -2.23. The zero-order valence-electron chi connectivity index (χ0n) is 9.66. The Hall–Kier alpha value is -0.870. The minimum absolute atomic E-state index is 0.123. The van der Waals surface area contributed by atoms with Gasteiger partial charge in [-0.05, 0) is 12.0 Å². The zero-order valence-corrected chi connectivity index (χ0v) is 9.66. The van der Waals surface area contributed by atoms with Gasteiger partial charge in [-0.25, -0.2) is 0 Å². The van der Waals surface area contributed by atoms with Gasteiger partial charge in [0, 0.05) is 25.8 Å². The van der Waals surface area contributed by atoms with E-state index < -0.39 is 0 Å². The van der Waals surface area contributed by atoms with Crippen LogP contribution in [0.2, 0.25) is 0 Å². The van der Waals surface area contributed by atoms with Crippen molar-refractivity contribution < 1.29 is 4.74 Å². The molecule has 0 amide bonds. The quantitative estimate of drug-likeness (QED) is 0.808. The molecule has 0 fully saturated rings. The van der Waals surface area contributed by atoms with Crippen LogP contribution in [0.3, 0.4) is 0 Å². The van der Waals surface area contributed by atoms with Crippen LogP contribution in [-0.4, -0.2) is 29.0 Å². The standard InChI is InChI=1S/C11H19N3O/c1-8(2)12-6-10-11-9(4-5-15-10)7-14(3)13-11/h7-8,10,12H,4-6H2,1-3H3/t10-/m0/s1. The monoisotopic (exact) mass is 209 g/mol. The topological polar surface area (TPSA) is 39.1 Å². The molecule has 4 heteroatoms. The van der Waals surface area contributed by atoms with E-state index >= 15 is 0 Å². The summed E-state index contributed by atoms with van der Waals surface area (Å²) in [5, 5.41) is 7.85. The molecule has 15 heavy (non-hydrogen) atoms. The van der Waals surface area contributed by atoms with Crippen LogP contribution in [0.1, 0.15) is 31.2 Å². The maximum absolute atomic E-state index is 5.73. The molecule has 2 rings (SSSR count). The van der Waals surface area contributed by atoms with Gasteiger partial charge in [0.2, 0.25) is 0 Å². The maximum Gasteiger partial charge on any atom is 0.114 e. The second kappa shape index (κ2) is 4.33. The molecule has 1 aromatic heterocycles. The van der Waals surface area contributed by atoms with Crippen molar-refractivity contribution in [2.45, 2.75) is 32.4 Å². The first-order valence-electron chi connectivity index (χ1n) is 5.54. The fraction of sp³-hybridized carbons (Fsp3) is 0.727. The molecule has 4 nitrogen and oxygen atoms in total. The lowest BCUT2D eigenvalue weighted by atomic mass is 10.1. The molecule has 0 aromatic carbocycles. The van der Waals surface area contributed by atoms with Crippen LogP contribution in [0.15, 0.2) is 6.20 Å². The number of aryl methyl sites for hydroxylation is 1. The van der Waals surface area contributed by atoms with Crippen molar-refractivity contribution in [2.24, 2.45) is 7.05 Å². The van der Waals surface area contributed by atoms with E-state index in [1.54, 1.807) is 0 Å². The van der Waals surface area contributed by atoms with Gasteiger partial charge in [0.25, 0.3) is 0 Å². The van der Waals surface area contributed by atoms with Crippen molar-refractivity contribution in [3.05, 3.63) is 17.5 Å². The molecule has 0 unspecified atom stereocenters. The Morgan fingerprint density at radius 3 is 3.20 bits per heavy atom. The molecule has 0 radical (unpaired) electrons. The Morgan fingerprint density at radius 2 is 2.47 bits per heavy atom. The highest BCUT2D eigenvalue weighted by Crippen LogP contribution is 2.24. The minimum atomic E-state index is 0.123. The molecule has 0 spiro atoms. The van der Waals surface area contributed by atoms with Crippen molar-refractivity contribution >= 4 is 0 Å². The molecule has 1 aliphatic rings. The SMILES string of the molecule is CC(C)NC[C@@H]1OCCc2cn(C)nc21. The summed E-state index contributed by atoms with van der Waals surface area (Å²) in [6, 6.07) is 0.489. The third kappa shape index (κ3) is 2.38. The van der Waals surface area contributed by atoms with Crippen molar-refractivity contribution in [3.63, 3.8) is 0 Å². The largest absolute Gasteiger partial charge is 0.370 e. The highest BCUT2D eigenvalue weighted by Gasteiger charge is 2.23. The Kier molecular flexibility index (Phi) is 3.07. The first-order chi connectivity index (χ1) is 7.16. The molecule has 1 aromatic rings. The van der Waals surface area contributed by atoms with Gasteiger partial charge in [-0.15, -0.1) is 0 Å². The molecule has 1 N–H and O–H groups in total. The molecule has 1 atom stereocenters. The van der Waals surface area contributed by atoms with Crippen LogP contribution in [0.25, 0.3) is 0 Å². The second-order valence-electron chi connectivity index (χ2n) is 4.39. The van der Waals surface area contributed by atoms with Crippen LogP contribution in [0.5, 0.6) is 0 Å². The van der Waals surface area contributed by atoms with E-state index in [0.717, 1.165) is 25.3 Å². The first-order valence-corrected chi connectivity index (χ1v) is 5.54. The summed E-state index contributed by atoms with van der Waals surface area (Å²) in [5.41, 5.74) is 2.44. The van der Waals surface area contributed by atoms with Gasteiger partial charge in [0.05, 0.1) is 12.3 Å². The normalized spacial score (nSPS) is 20.7. The molecule has 0 saturated carbocycles. The van der Waals surface area contributed by atoms with Crippen LogP contribution in [-0.2, 0) is 18.2 Å². The van der Waals surface area contributed by atoms with Crippen LogP contribution in [0.4, 0.5) is 0 Å². The highest BCUT2D eigenvalue weighted by atomic mass is 16.5. The third-order valence-corrected chi connectivity index (χ3v) is 2.64. The average molecular weight is 209 g/mol. The summed E-state index contributed by atoms with van der Waals surface area (Å²) in [4.78, 5) is 0. The molecule has 2 heterocycles. The average Bonchev–Trinajstić information content (AvgIpc) is 2.55. The summed E-state index contributed by atoms with van der Waals surface area (Å²) in [7, 11) is 1.96. The van der Waals surface area contributed by atoms with Gasteiger partial charge >= 0.3 is 0 Å². The summed E-state index contributed by atoms with van der Waals surface area (Å²) >= 11 is 0. The number of hydrogen-bond acceptors (Lipinski definition) is 3. The predicted octanol–water partition coefficient (Wildman–Crippen LogP) is 1.03. The Balaban J connectivity index is 2.08. The van der Waals surface area contributed by atoms with Gasteiger partial charge in [0.1, 0.15) is 6.10 Å². The number of ether oxygens (including phenoxy) is 1. The molecule has 0 bridgehead atoms. The number of nitrogens with one attached hydrogen (secondary N) is 1. The lowest BCUT2D eigenvalue weighted by Crippen LogP contribution is -2.31. The number of aromatic nitrogens is 2. The highest BCUT2D eigenvalue weighted by molar-refractivity contribution is 5.22. The van der Waals surface area contributed by atoms with E-state index in [1.165, 1.54) is 5.56 Å². The summed E-state index contributed by atoms with van der Waals surface area (Å²) < 4.78 is 7.61. The fourth-order valence-corrected chi connectivity index (χ4v) is 1.91. The van der Waals surface area contributed by atoms with E-state index in [1.807, 2.05) is 11.7 Å². The Labute approximate surface area is 90.6 Å². The molecular weight excluding hydrogens is 190 g/mol. The van der Waals surface area contributed by atoms with Crippen molar-refractivity contribution in [2.75, 3.05) is 13.2 Å². The molecule has 1 aliphatic heterocycles.